The van der Waals surface area contributed by atoms with E-state index in [9.17, 15) is 13.6 Å². The Labute approximate surface area is 90.4 Å². The number of rotatable bonds is 3. The summed E-state index contributed by atoms with van der Waals surface area (Å²) in [7, 11) is 0. The van der Waals surface area contributed by atoms with Crippen LogP contribution in [0.5, 0.6) is 11.5 Å². The maximum atomic E-state index is 12.7. The Balaban J connectivity index is 2.32. The van der Waals surface area contributed by atoms with Crippen LogP contribution >= 0.6 is 0 Å². The van der Waals surface area contributed by atoms with E-state index in [-0.39, 0.29) is 11.5 Å². The van der Waals surface area contributed by atoms with E-state index in [1.807, 2.05) is 0 Å². The molecule has 0 N–H and O–H groups in total. The fourth-order valence-electron chi connectivity index (χ4n) is 1.43. The molecule has 0 spiro atoms. The largest absolute Gasteiger partial charge is 0.586 e. The fraction of sp³-hybridized carbons (Fsp3) is 0.300. The molecule has 0 aromatic heterocycles. The molecule has 16 heavy (non-hydrogen) atoms. The number of hydrogen-bond donors (Lipinski definition) is 0. The zero-order valence-electron chi connectivity index (χ0n) is 8.44. The quantitative estimate of drug-likeness (QED) is 0.744. The summed E-state index contributed by atoms with van der Waals surface area (Å²) >= 11 is 0. The maximum Gasteiger partial charge on any atom is 0.586 e. The lowest BCUT2D eigenvalue weighted by molar-refractivity contribution is -0.286. The molecule has 0 atom stereocenters. The second-order valence-electron chi connectivity index (χ2n) is 3.19. The van der Waals surface area contributed by atoms with Gasteiger partial charge in [-0.3, -0.25) is 4.79 Å². The fourth-order valence-corrected chi connectivity index (χ4v) is 1.43. The van der Waals surface area contributed by atoms with Crippen molar-refractivity contribution in [2.24, 2.45) is 0 Å². The molecule has 1 aliphatic heterocycles. The summed E-state index contributed by atoms with van der Waals surface area (Å²) in [6.07, 6.45) is -3.01. The Hall–Kier alpha value is -1.85. The topological polar surface area (TPSA) is 38.8 Å². The Bertz CT molecular complexity index is 423. The predicted molar refractivity (Wildman–Crippen MR) is 51.7 cm³/mol. The number of ether oxygens (including phenoxy) is 2. The van der Waals surface area contributed by atoms with Gasteiger partial charge in [0.2, 0.25) is 6.41 Å². The van der Waals surface area contributed by atoms with E-state index in [0.717, 1.165) is 0 Å². The smallest absolute Gasteiger partial charge is 0.395 e. The summed E-state index contributed by atoms with van der Waals surface area (Å²) in [6.45, 7) is 2.22. The van der Waals surface area contributed by atoms with Gasteiger partial charge >= 0.3 is 6.29 Å². The van der Waals surface area contributed by atoms with E-state index in [1.54, 1.807) is 6.92 Å². The molecule has 1 aromatic rings. The third kappa shape index (κ3) is 1.78. The minimum atomic E-state index is -3.63. The van der Waals surface area contributed by atoms with E-state index < -0.39 is 6.29 Å². The van der Waals surface area contributed by atoms with E-state index in [1.165, 1.54) is 23.1 Å². The molecule has 4 nitrogen and oxygen atoms in total. The van der Waals surface area contributed by atoms with Gasteiger partial charge in [-0.2, -0.15) is 0 Å². The summed E-state index contributed by atoms with van der Waals surface area (Å²) in [4.78, 5) is 12.0. The lowest BCUT2D eigenvalue weighted by atomic mass is 10.2. The summed E-state index contributed by atoms with van der Waals surface area (Å²) in [6, 6.07) is 4.20. The molecule has 1 aliphatic rings. The highest BCUT2D eigenvalue weighted by Gasteiger charge is 2.43. The Kier molecular flexibility index (Phi) is 2.41. The average Bonchev–Trinajstić information content (AvgIpc) is 2.53. The van der Waals surface area contributed by atoms with Gasteiger partial charge in [0.15, 0.2) is 11.5 Å². The molecule has 0 bridgehead atoms. The van der Waals surface area contributed by atoms with Gasteiger partial charge in [-0.1, -0.05) is 0 Å². The zero-order chi connectivity index (χ0) is 11.8. The van der Waals surface area contributed by atoms with Gasteiger partial charge in [-0.25, -0.2) is 0 Å². The normalized spacial score (nSPS) is 15.9. The van der Waals surface area contributed by atoms with E-state index in [2.05, 4.69) is 9.47 Å². The first kappa shape index (κ1) is 10.7. The van der Waals surface area contributed by atoms with Crippen molar-refractivity contribution in [2.75, 3.05) is 11.4 Å². The van der Waals surface area contributed by atoms with Gasteiger partial charge in [-0.15, -0.1) is 8.78 Å². The summed E-state index contributed by atoms with van der Waals surface area (Å²) in [5, 5.41) is 0. The van der Waals surface area contributed by atoms with Gasteiger partial charge in [0.05, 0.1) is 0 Å². The van der Waals surface area contributed by atoms with Crippen LogP contribution in [-0.4, -0.2) is 19.2 Å². The van der Waals surface area contributed by atoms with Crippen LogP contribution in [0.1, 0.15) is 6.92 Å². The highest BCUT2D eigenvalue weighted by molar-refractivity contribution is 5.76. The second-order valence-corrected chi connectivity index (χ2v) is 3.19. The highest BCUT2D eigenvalue weighted by atomic mass is 19.3. The van der Waals surface area contributed by atoms with Gasteiger partial charge in [0.25, 0.3) is 0 Å². The van der Waals surface area contributed by atoms with Gasteiger partial charge in [0.1, 0.15) is 0 Å². The van der Waals surface area contributed by atoms with Crippen molar-refractivity contribution in [1.29, 1.82) is 0 Å². The van der Waals surface area contributed by atoms with E-state index >= 15 is 0 Å². The van der Waals surface area contributed by atoms with Gasteiger partial charge in [-0.05, 0) is 19.1 Å². The molecule has 1 aromatic carbocycles. The molecule has 0 unspecified atom stereocenters. The third-order valence-corrected chi connectivity index (χ3v) is 2.18. The first-order valence-corrected chi connectivity index (χ1v) is 4.67. The number of nitrogens with zero attached hydrogens (tertiary/aromatic N) is 1. The minimum absolute atomic E-state index is 0.0318. The van der Waals surface area contributed by atoms with Crippen molar-refractivity contribution in [3.63, 3.8) is 0 Å². The molecule has 6 heteroatoms. The number of amides is 1. The molecule has 0 saturated carbocycles. The molecule has 0 fully saturated rings. The van der Waals surface area contributed by atoms with Crippen molar-refractivity contribution in [3.8, 4) is 11.5 Å². The van der Waals surface area contributed by atoms with Crippen molar-refractivity contribution < 1.29 is 23.0 Å². The van der Waals surface area contributed by atoms with E-state index in [4.69, 9.17) is 0 Å². The van der Waals surface area contributed by atoms with Crippen LogP contribution in [0.4, 0.5) is 14.5 Å². The van der Waals surface area contributed by atoms with Crippen LogP contribution in [0.25, 0.3) is 0 Å². The predicted octanol–water partition coefficient (Wildman–Crippen LogP) is 1.99. The molecule has 0 saturated heterocycles. The number of halogens is 2. The average molecular weight is 229 g/mol. The van der Waals surface area contributed by atoms with E-state index in [0.29, 0.717) is 18.6 Å². The van der Waals surface area contributed by atoms with Crippen molar-refractivity contribution in [2.45, 2.75) is 13.2 Å². The summed E-state index contributed by atoms with van der Waals surface area (Å²) in [5.74, 6) is -0.0986. The molecule has 1 heterocycles. The summed E-state index contributed by atoms with van der Waals surface area (Å²) in [5.41, 5.74) is 0.484. The van der Waals surface area contributed by atoms with Crippen LogP contribution in [0.2, 0.25) is 0 Å². The molecular weight excluding hydrogens is 220 g/mol. The Morgan fingerprint density at radius 2 is 2.06 bits per heavy atom. The number of fused-ring (bicyclic) bond motifs is 1. The zero-order valence-corrected chi connectivity index (χ0v) is 8.44. The van der Waals surface area contributed by atoms with Crippen LogP contribution in [0.15, 0.2) is 18.2 Å². The number of benzene rings is 1. The van der Waals surface area contributed by atoms with Crippen molar-refractivity contribution in [3.05, 3.63) is 18.2 Å². The van der Waals surface area contributed by atoms with Gasteiger partial charge in [0, 0.05) is 18.3 Å². The first-order chi connectivity index (χ1) is 7.55. The SMILES string of the molecule is CCN(C=O)c1ccc2c(c1)OC(F)(F)O2. The number of carbonyl (C=O) groups excluding carboxylic acids is 1. The summed E-state index contributed by atoms with van der Waals surface area (Å²) < 4.78 is 33.9. The molecule has 86 valence electrons. The van der Waals surface area contributed by atoms with Crippen LogP contribution in [0.3, 0.4) is 0 Å². The number of carbonyl (C=O) groups is 1. The number of hydrogen-bond acceptors (Lipinski definition) is 3. The standard InChI is InChI=1S/C10H9F2NO3/c1-2-13(6-14)7-3-4-8-9(5-7)16-10(11,12)15-8/h3-6H,2H2,1H3. The van der Waals surface area contributed by atoms with Crippen LogP contribution < -0.4 is 14.4 Å². The lowest BCUT2D eigenvalue weighted by Crippen LogP contribution is -2.26. The first-order valence-electron chi connectivity index (χ1n) is 4.67. The monoisotopic (exact) mass is 229 g/mol. The molecular formula is C10H9F2NO3. The highest BCUT2D eigenvalue weighted by Crippen LogP contribution is 2.42. The van der Waals surface area contributed by atoms with Crippen LogP contribution in [0, 0.1) is 0 Å². The maximum absolute atomic E-state index is 12.7. The third-order valence-electron chi connectivity index (χ3n) is 2.18. The van der Waals surface area contributed by atoms with Crippen LogP contribution in [-0.2, 0) is 4.79 Å². The number of anilines is 1. The second kappa shape index (κ2) is 3.62. The Morgan fingerprint density at radius 3 is 2.69 bits per heavy atom. The van der Waals surface area contributed by atoms with Crippen molar-refractivity contribution >= 4 is 12.1 Å². The molecule has 0 aliphatic carbocycles. The molecule has 0 radical (unpaired) electrons. The molecule has 2 rings (SSSR count). The Morgan fingerprint density at radius 1 is 1.38 bits per heavy atom. The molecule has 1 amide bonds. The minimum Gasteiger partial charge on any atom is -0.395 e. The lowest BCUT2D eigenvalue weighted by Gasteiger charge is -2.14. The van der Waals surface area contributed by atoms with Crippen molar-refractivity contribution in [1.82, 2.24) is 0 Å². The number of alkyl halides is 2. The van der Waals surface area contributed by atoms with Gasteiger partial charge < -0.3 is 14.4 Å².